The van der Waals surface area contributed by atoms with Crippen molar-refractivity contribution in [1.82, 2.24) is 0 Å². The number of nitriles is 2. The van der Waals surface area contributed by atoms with Gasteiger partial charge >= 0.3 is 0 Å². The van der Waals surface area contributed by atoms with E-state index in [-0.39, 0.29) is 11.8 Å². The molecule has 2 heteroatoms. The van der Waals surface area contributed by atoms with Gasteiger partial charge in [0.05, 0.1) is 11.1 Å². The van der Waals surface area contributed by atoms with Crippen LogP contribution in [0.5, 0.6) is 0 Å². The van der Waals surface area contributed by atoms with E-state index in [1.807, 2.05) is 13.8 Å². The van der Waals surface area contributed by atoms with Crippen molar-refractivity contribution in [1.29, 1.82) is 10.5 Å². The summed E-state index contributed by atoms with van der Waals surface area (Å²) in [6.45, 7) is 4.01. The van der Waals surface area contributed by atoms with Crippen molar-refractivity contribution in [2.45, 2.75) is 25.7 Å². The van der Waals surface area contributed by atoms with Crippen LogP contribution in [0.4, 0.5) is 0 Å². The van der Waals surface area contributed by atoms with Crippen LogP contribution in [0.1, 0.15) is 67.5 Å². The molecule has 0 radical (unpaired) electrons. The second-order valence-electron chi connectivity index (χ2n) is 7.17. The third-order valence-corrected chi connectivity index (χ3v) is 6.14. The van der Waals surface area contributed by atoms with E-state index in [9.17, 15) is 10.5 Å². The topological polar surface area (TPSA) is 47.6 Å². The molecule has 0 aromatic heterocycles. The van der Waals surface area contributed by atoms with Gasteiger partial charge in [0.25, 0.3) is 0 Å². The fourth-order valence-electron chi connectivity index (χ4n) is 5.10. The highest BCUT2D eigenvalue weighted by atomic mass is 14.5. The summed E-state index contributed by atoms with van der Waals surface area (Å²) in [5, 5.41) is 19.4. The quantitative estimate of drug-likeness (QED) is 0.399. The first-order chi connectivity index (χ1) is 12.7. The summed E-state index contributed by atoms with van der Waals surface area (Å²) in [7, 11) is 0. The second-order valence-corrected chi connectivity index (χ2v) is 7.17. The molecule has 2 nitrogen and oxygen atoms in total. The van der Waals surface area contributed by atoms with Crippen LogP contribution in [-0.2, 0) is 0 Å². The fraction of sp³-hybridized carbons (Fsp3) is 0.167. The maximum Gasteiger partial charge on any atom is 0.101 e. The van der Waals surface area contributed by atoms with E-state index in [4.69, 9.17) is 0 Å². The highest BCUT2D eigenvalue weighted by molar-refractivity contribution is 5.74. The lowest BCUT2D eigenvalue weighted by Gasteiger charge is -2.44. The Morgan fingerprint density at radius 3 is 1.19 bits per heavy atom. The zero-order valence-electron chi connectivity index (χ0n) is 14.7. The average molecular weight is 332 g/mol. The molecule has 0 aliphatic heterocycles. The molecule has 122 valence electrons. The van der Waals surface area contributed by atoms with Crippen LogP contribution in [0.25, 0.3) is 0 Å². The Hall–Kier alpha value is -3.36. The Kier molecular flexibility index (Phi) is 2.91. The first-order valence-electron chi connectivity index (χ1n) is 8.83. The Morgan fingerprint density at radius 2 is 0.923 bits per heavy atom. The van der Waals surface area contributed by atoms with E-state index < -0.39 is 0 Å². The average Bonchev–Trinajstić information content (AvgIpc) is 2.69. The van der Waals surface area contributed by atoms with Crippen molar-refractivity contribution < 1.29 is 0 Å². The Bertz CT molecular complexity index is 1050. The van der Waals surface area contributed by atoms with Gasteiger partial charge in [-0.2, -0.15) is 10.5 Å². The minimum absolute atomic E-state index is 0.140. The van der Waals surface area contributed by atoms with Gasteiger partial charge in [-0.1, -0.05) is 48.5 Å². The van der Waals surface area contributed by atoms with Crippen molar-refractivity contribution in [2.24, 2.45) is 0 Å². The lowest BCUT2D eigenvalue weighted by Crippen LogP contribution is -2.30. The molecule has 0 N–H and O–H groups in total. The monoisotopic (exact) mass is 332 g/mol. The molecule has 0 atom stereocenters. The minimum Gasteiger partial charge on any atom is -0.192 e. The Morgan fingerprint density at radius 1 is 0.615 bits per heavy atom. The first kappa shape index (κ1) is 14.9. The molecule has 0 saturated carbocycles. The first-order valence-corrected chi connectivity index (χ1v) is 8.83. The summed E-state index contributed by atoms with van der Waals surface area (Å²) >= 11 is 0. The molecule has 3 aromatic rings. The Labute approximate surface area is 153 Å². The third kappa shape index (κ3) is 1.60. The molecule has 0 amide bonds. The molecule has 3 aromatic carbocycles. The second kappa shape index (κ2) is 5.07. The number of benzene rings is 3. The lowest BCUT2D eigenvalue weighted by molar-refractivity contribution is 0.741. The molecule has 26 heavy (non-hydrogen) atoms. The van der Waals surface area contributed by atoms with Crippen molar-refractivity contribution in [3.05, 3.63) is 104 Å². The maximum absolute atomic E-state index is 9.72. The molecule has 2 bridgehead atoms. The van der Waals surface area contributed by atoms with Crippen LogP contribution in [0, 0.1) is 36.5 Å². The molecule has 0 spiro atoms. The van der Waals surface area contributed by atoms with Gasteiger partial charge in [0.1, 0.15) is 12.1 Å². The highest BCUT2D eigenvalue weighted by Crippen LogP contribution is 2.57. The van der Waals surface area contributed by atoms with Crippen LogP contribution < -0.4 is 0 Å². The van der Waals surface area contributed by atoms with Crippen molar-refractivity contribution in [2.75, 3.05) is 0 Å². The van der Waals surface area contributed by atoms with Gasteiger partial charge in [0.15, 0.2) is 0 Å². The molecular weight excluding hydrogens is 316 g/mol. The predicted octanol–water partition coefficient (Wildman–Crippen LogP) is 5.03. The zero-order valence-corrected chi connectivity index (χ0v) is 14.7. The summed E-state index contributed by atoms with van der Waals surface area (Å²) in [4.78, 5) is 0. The third-order valence-electron chi connectivity index (χ3n) is 6.14. The summed E-state index contributed by atoms with van der Waals surface area (Å²) in [5.74, 6) is 0.280. The van der Waals surface area contributed by atoms with Crippen molar-refractivity contribution in [3.63, 3.8) is 0 Å². The standard InChI is InChI=1S/C24H16N2/c1-13-19(11-25)20(12-26)14(2)22-21(13)23-15-7-3-5-9-17(15)24(22)18-10-6-4-8-16(18)23/h3-10,23-24H,1-2H3. The maximum atomic E-state index is 9.72. The molecule has 3 aliphatic rings. The van der Waals surface area contributed by atoms with E-state index >= 15 is 0 Å². The van der Waals surface area contributed by atoms with Gasteiger partial charge in [0, 0.05) is 11.8 Å². The molecule has 0 unspecified atom stereocenters. The zero-order chi connectivity index (χ0) is 18.0. The molecule has 6 rings (SSSR count). The summed E-state index contributed by atoms with van der Waals surface area (Å²) in [6, 6.07) is 21.8. The molecule has 0 heterocycles. The largest absolute Gasteiger partial charge is 0.192 e. The molecule has 0 saturated heterocycles. The SMILES string of the molecule is Cc1c(C#N)c(C#N)c(C)c2c1C1c3ccccc3C2c2ccccc21. The van der Waals surface area contributed by atoms with Crippen LogP contribution in [0.15, 0.2) is 48.5 Å². The summed E-state index contributed by atoms with van der Waals surface area (Å²) < 4.78 is 0. The van der Waals surface area contributed by atoms with Gasteiger partial charge in [0.2, 0.25) is 0 Å². The lowest BCUT2D eigenvalue weighted by atomic mass is 9.58. The predicted molar refractivity (Wildman–Crippen MR) is 100 cm³/mol. The molecule has 3 aliphatic carbocycles. The van der Waals surface area contributed by atoms with Gasteiger partial charge in [-0.25, -0.2) is 0 Å². The van der Waals surface area contributed by atoms with E-state index in [1.54, 1.807) is 0 Å². The van der Waals surface area contributed by atoms with Crippen LogP contribution in [-0.4, -0.2) is 0 Å². The highest BCUT2D eigenvalue weighted by Gasteiger charge is 2.43. The van der Waals surface area contributed by atoms with Gasteiger partial charge in [-0.15, -0.1) is 0 Å². The number of rotatable bonds is 0. The summed E-state index contributed by atoms with van der Waals surface area (Å²) in [5.41, 5.74) is 10.8. The smallest absolute Gasteiger partial charge is 0.101 e. The van der Waals surface area contributed by atoms with E-state index in [1.165, 1.54) is 33.4 Å². The van der Waals surface area contributed by atoms with Crippen LogP contribution >= 0.6 is 0 Å². The van der Waals surface area contributed by atoms with Gasteiger partial charge in [-0.05, 0) is 58.4 Å². The number of nitrogens with zero attached hydrogens (tertiary/aromatic N) is 2. The van der Waals surface area contributed by atoms with Crippen molar-refractivity contribution in [3.8, 4) is 12.1 Å². The van der Waals surface area contributed by atoms with Crippen LogP contribution in [0.3, 0.4) is 0 Å². The van der Waals surface area contributed by atoms with Crippen LogP contribution in [0.2, 0.25) is 0 Å². The molecular formula is C24H16N2. The van der Waals surface area contributed by atoms with E-state index in [0.717, 1.165) is 11.1 Å². The van der Waals surface area contributed by atoms with Gasteiger partial charge in [-0.3, -0.25) is 0 Å². The normalized spacial score (nSPS) is 18.3. The van der Waals surface area contributed by atoms with E-state index in [2.05, 4.69) is 60.7 Å². The Balaban J connectivity index is 1.99. The fourth-order valence-corrected chi connectivity index (χ4v) is 5.10. The number of hydrogen-bond acceptors (Lipinski definition) is 2. The minimum atomic E-state index is 0.140. The van der Waals surface area contributed by atoms with E-state index in [0.29, 0.717) is 11.1 Å². The van der Waals surface area contributed by atoms with Crippen molar-refractivity contribution >= 4 is 0 Å². The van der Waals surface area contributed by atoms with Gasteiger partial charge < -0.3 is 0 Å². The molecule has 0 fully saturated rings. The summed E-state index contributed by atoms with van der Waals surface area (Å²) in [6.07, 6.45) is 0. The number of hydrogen-bond donors (Lipinski definition) is 0.